The van der Waals surface area contributed by atoms with Crippen LogP contribution in [0.2, 0.25) is 5.02 Å². The fourth-order valence-electron chi connectivity index (χ4n) is 6.96. The number of rotatable bonds is 4. The maximum Gasteiger partial charge on any atom is 0.373 e. The average molecular weight is 433 g/mol. The van der Waals surface area contributed by atoms with Crippen LogP contribution in [0.25, 0.3) is 6.08 Å². The molecule has 1 aromatic rings. The van der Waals surface area contributed by atoms with Crippen LogP contribution in [0.4, 0.5) is 0 Å². The van der Waals surface area contributed by atoms with Crippen LogP contribution in [-0.4, -0.2) is 18.9 Å². The van der Waals surface area contributed by atoms with Crippen molar-refractivity contribution >= 4 is 23.8 Å². The van der Waals surface area contributed by atoms with Gasteiger partial charge in [-0.05, 0) is 72.8 Å². The number of methoxy groups -OCH3 is 1. The average Bonchev–Trinajstić information content (AvgIpc) is 2.68. The predicted molar refractivity (Wildman–Crippen MR) is 111 cm³/mol. The summed E-state index contributed by atoms with van der Waals surface area (Å²) in [5.41, 5.74) is 2.70. The molecule has 1 heterocycles. The molecule has 0 radical (unpaired) electrons. The lowest BCUT2D eigenvalue weighted by atomic mass is 9.47. The van der Waals surface area contributed by atoms with E-state index in [0.717, 1.165) is 33.5 Å². The second-order valence-corrected chi connectivity index (χ2v) is 9.84. The van der Waals surface area contributed by atoms with Crippen LogP contribution in [0.3, 0.4) is 0 Å². The van der Waals surface area contributed by atoms with Crippen molar-refractivity contribution < 1.29 is 24.1 Å². The molecule has 162 valence electrons. The van der Waals surface area contributed by atoms with Crippen LogP contribution >= 0.6 is 11.6 Å². The van der Waals surface area contributed by atoms with Gasteiger partial charge in [0.25, 0.3) is 5.79 Å². The summed E-state index contributed by atoms with van der Waals surface area (Å²) in [6.07, 6.45) is 8.42. The van der Waals surface area contributed by atoms with E-state index < -0.39 is 11.4 Å². The normalized spacial score (nSPS) is 38.0. The monoisotopic (exact) mass is 432 g/mol. The van der Waals surface area contributed by atoms with Crippen molar-refractivity contribution in [2.75, 3.05) is 7.11 Å². The first kappa shape index (κ1) is 21.7. The molecule has 1 atom stereocenters. The lowest BCUT2D eigenvalue weighted by molar-refractivity contribution is -0.645. The van der Waals surface area contributed by atoms with Gasteiger partial charge >= 0.3 is 6.15 Å². The predicted octanol–water partition coefficient (Wildman–Crippen LogP) is 5.48. The fourth-order valence-corrected chi connectivity index (χ4v) is 7.47. The second kappa shape index (κ2) is 7.89. The third-order valence-electron chi connectivity index (χ3n) is 7.82. The summed E-state index contributed by atoms with van der Waals surface area (Å²) in [4.78, 5) is 28.2. The fraction of sp³-hybridized carbons (Fsp3) is 0.625. The zero-order valence-electron chi connectivity index (χ0n) is 17.8. The van der Waals surface area contributed by atoms with E-state index in [1.54, 1.807) is 7.11 Å². The molecule has 1 unspecified atom stereocenters. The van der Waals surface area contributed by atoms with Crippen molar-refractivity contribution in [1.82, 2.24) is 0 Å². The maximum atomic E-state index is 8.12. The number of carbonyl (C=O) groups excluding carboxylic acids is 2. The molecule has 0 aromatic heterocycles. The van der Waals surface area contributed by atoms with Crippen LogP contribution in [0.15, 0.2) is 18.7 Å². The van der Waals surface area contributed by atoms with Crippen LogP contribution in [-0.2, 0) is 29.9 Å². The largest absolute Gasteiger partial charge is 0.373 e. The number of hydrogen-bond acceptors (Lipinski definition) is 5. The molecule has 4 saturated carbocycles. The first-order valence-corrected chi connectivity index (χ1v) is 11.1. The molecular weight excluding hydrogens is 404 g/mol. The summed E-state index contributed by atoms with van der Waals surface area (Å²) < 4.78 is 6.17. The summed E-state index contributed by atoms with van der Waals surface area (Å²) in [5, 5.41) is 0.737. The Balaban J connectivity index is 0.000000687. The molecule has 6 rings (SSSR count). The van der Waals surface area contributed by atoms with Gasteiger partial charge in [-0.15, -0.1) is 0 Å². The van der Waals surface area contributed by atoms with Crippen LogP contribution in [0, 0.1) is 23.7 Å². The molecule has 30 heavy (non-hydrogen) atoms. The third kappa shape index (κ3) is 2.80. The Morgan fingerprint density at radius 3 is 2.10 bits per heavy atom. The Bertz CT molecular complexity index is 841. The number of hydrogen-bond donors (Lipinski definition) is 0. The van der Waals surface area contributed by atoms with Crippen LogP contribution < -0.4 is 0 Å². The molecule has 0 amide bonds. The molecule has 1 spiro atoms. The number of benzene rings is 1. The topological polar surface area (TPSA) is 61.8 Å². The molecule has 0 N–H and O–H groups in total. The van der Waals surface area contributed by atoms with Crippen molar-refractivity contribution in [1.29, 1.82) is 0 Å². The Kier molecular flexibility index (Phi) is 5.71. The van der Waals surface area contributed by atoms with Crippen LogP contribution in [0.1, 0.15) is 68.6 Å². The van der Waals surface area contributed by atoms with E-state index in [0.29, 0.717) is 11.8 Å². The highest BCUT2D eigenvalue weighted by atomic mass is 35.5. The molecule has 5 fully saturated rings. The van der Waals surface area contributed by atoms with Gasteiger partial charge in [-0.3, -0.25) is 0 Å². The summed E-state index contributed by atoms with van der Waals surface area (Å²) in [6, 6.07) is 4.15. The van der Waals surface area contributed by atoms with E-state index >= 15 is 0 Å². The third-order valence-corrected chi connectivity index (χ3v) is 8.22. The maximum absolute atomic E-state index is 8.12. The van der Waals surface area contributed by atoms with Gasteiger partial charge < -0.3 is 4.74 Å². The Morgan fingerprint density at radius 1 is 1.13 bits per heavy atom. The van der Waals surface area contributed by atoms with E-state index in [9.17, 15) is 0 Å². The van der Waals surface area contributed by atoms with Gasteiger partial charge in [0.1, 0.15) is 0 Å². The van der Waals surface area contributed by atoms with Gasteiger partial charge in [0.15, 0.2) is 5.60 Å². The van der Waals surface area contributed by atoms with Gasteiger partial charge in [-0.1, -0.05) is 50.2 Å². The summed E-state index contributed by atoms with van der Waals surface area (Å²) in [6.45, 7) is 8.28. The Morgan fingerprint density at radius 2 is 1.70 bits per heavy atom. The molecule has 4 bridgehead atoms. The van der Waals surface area contributed by atoms with Crippen LogP contribution in [0.5, 0.6) is 0 Å². The second-order valence-electron chi connectivity index (χ2n) is 9.46. The minimum Gasteiger partial charge on any atom is -0.345 e. The van der Waals surface area contributed by atoms with Gasteiger partial charge in [-0.2, -0.15) is 14.5 Å². The highest BCUT2D eigenvalue weighted by Crippen LogP contribution is 2.69. The molecule has 4 aliphatic carbocycles. The first-order valence-electron chi connectivity index (χ1n) is 10.7. The highest BCUT2D eigenvalue weighted by Gasteiger charge is 2.76. The lowest BCUT2D eigenvalue weighted by Crippen LogP contribution is -2.76. The Labute approximate surface area is 182 Å². The minimum absolute atomic E-state index is 0.250. The first-order chi connectivity index (χ1) is 14.4. The van der Waals surface area contributed by atoms with Gasteiger partial charge in [0, 0.05) is 12.7 Å². The van der Waals surface area contributed by atoms with Crippen molar-refractivity contribution in [3.63, 3.8) is 0 Å². The van der Waals surface area contributed by atoms with E-state index in [4.69, 9.17) is 35.7 Å². The highest BCUT2D eigenvalue weighted by molar-refractivity contribution is 6.32. The van der Waals surface area contributed by atoms with E-state index in [2.05, 4.69) is 32.6 Å². The molecular formula is C24H29ClO5. The molecule has 5 aliphatic rings. The smallest absolute Gasteiger partial charge is 0.345 e. The van der Waals surface area contributed by atoms with E-state index in [1.807, 2.05) is 6.08 Å². The standard InChI is InChI=1S/C23H29ClO3.CO2/c1-5-16-6-7-19(21(24)20(16)13(2)3)23(25-4)22(26-27-23)17-9-14-8-15(11-17)12-18(22)10-14;2-1-3/h5-7,13-15,17-18H,1,8-12H2,2-4H3;. The molecule has 6 heteroatoms. The summed E-state index contributed by atoms with van der Waals surface area (Å²) in [7, 11) is 1.74. The van der Waals surface area contributed by atoms with Crippen molar-refractivity contribution in [2.45, 2.75) is 63.3 Å². The minimum atomic E-state index is -0.907. The SMILES string of the molecule is C=Cc1ccc(C2(OC)OOC23C2CC4CC(C2)CC3C4)c(Cl)c1C(C)C.O=C=O. The van der Waals surface area contributed by atoms with Gasteiger partial charge in [0.05, 0.1) is 5.02 Å². The molecule has 1 aromatic carbocycles. The molecule has 1 aliphatic heterocycles. The number of ether oxygens (including phenoxy) is 1. The summed E-state index contributed by atoms with van der Waals surface area (Å²) in [5.74, 6) is 2.05. The number of halogens is 1. The zero-order valence-corrected chi connectivity index (χ0v) is 18.5. The van der Waals surface area contributed by atoms with Crippen molar-refractivity contribution in [3.05, 3.63) is 40.4 Å². The zero-order chi connectivity index (χ0) is 21.7. The Hall–Kier alpha value is -1.49. The summed E-state index contributed by atoms with van der Waals surface area (Å²) >= 11 is 7.00. The van der Waals surface area contributed by atoms with Crippen molar-refractivity contribution in [3.8, 4) is 0 Å². The molecule has 5 nitrogen and oxygen atoms in total. The van der Waals surface area contributed by atoms with E-state index in [1.165, 1.54) is 32.1 Å². The van der Waals surface area contributed by atoms with Gasteiger partial charge in [-0.25, -0.2) is 4.89 Å². The lowest BCUT2D eigenvalue weighted by Gasteiger charge is -2.68. The molecule has 1 saturated heterocycles. The quantitative estimate of drug-likeness (QED) is 0.589. The van der Waals surface area contributed by atoms with Crippen molar-refractivity contribution in [2.24, 2.45) is 23.7 Å². The van der Waals surface area contributed by atoms with Gasteiger partial charge in [0.2, 0.25) is 0 Å². The van der Waals surface area contributed by atoms with E-state index in [-0.39, 0.29) is 12.1 Å².